The molecule has 0 spiro atoms. The van der Waals surface area contributed by atoms with E-state index < -0.39 is 22.3 Å². The highest BCUT2D eigenvalue weighted by atomic mass is 79.9. The molecular formula is C43H68BrN15O5S. The molecule has 20 nitrogen and oxygen atoms in total. The summed E-state index contributed by atoms with van der Waals surface area (Å²) in [4.78, 5) is 8.23. The Kier molecular flexibility index (Phi) is 22.2. The van der Waals surface area contributed by atoms with Crippen molar-refractivity contribution in [3.8, 4) is 0 Å². The van der Waals surface area contributed by atoms with Crippen LogP contribution in [0.2, 0.25) is 0 Å². The summed E-state index contributed by atoms with van der Waals surface area (Å²) in [5.74, 6) is 4.44. The van der Waals surface area contributed by atoms with Crippen molar-refractivity contribution in [3.05, 3.63) is 111 Å². The van der Waals surface area contributed by atoms with Crippen LogP contribution in [-0.4, -0.2) is 150 Å². The summed E-state index contributed by atoms with van der Waals surface area (Å²) in [5.41, 5.74) is 5.25. The van der Waals surface area contributed by atoms with Gasteiger partial charge in [-0.15, -0.1) is 19.7 Å². The minimum absolute atomic E-state index is 0.173. The fourth-order valence-corrected chi connectivity index (χ4v) is 7.09. The summed E-state index contributed by atoms with van der Waals surface area (Å²) in [6.45, 7) is 18.6. The average molecular weight is 987 g/mol. The Bertz CT molecular complexity index is 2260. The van der Waals surface area contributed by atoms with Gasteiger partial charge in [-0.05, 0) is 6.07 Å². The first-order chi connectivity index (χ1) is 30.9. The summed E-state index contributed by atoms with van der Waals surface area (Å²) < 4.78 is 36.0. The topological polar surface area (TPSA) is 212 Å². The van der Waals surface area contributed by atoms with E-state index in [2.05, 4.69) is 83.1 Å². The number of halogens is 1. The van der Waals surface area contributed by atoms with Gasteiger partial charge in [-0.25, -0.2) is 0 Å². The lowest BCUT2D eigenvalue weighted by molar-refractivity contribution is 0.0572. The van der Waals surface area contributed by atoms with Crippen LogP contribution in [-0.2, 0) is 49.5 Å². The zero-order chi connectivity index (χ0) is 48.1. The van der Waals surface area contributed by atoms with Crippen molar-refractivity contribution >= 4 is 55.1 Å². The first-order valence-electron chi connectivity index (χ1n) is 20.9. The number of nitrogen functional groups attached to an aromatic ring is 1. The van der Waals surface area contributed by atoms with Crippen LogP contribution in [0.25, 0.3) is 0 Å². The van der Waals surface area contributed by atoms with Gasteiger partial charge in [0.2, 0.25) is 0 Å². The third kappa shape index (κ3) is 19.1. The van der Waals surface area contributed by atoms with Crippen molar-refractivity contribution in [2.75, 3.05) is 89.3 Å². The molecule has 0 saturated carbocycles. The van der Waals surface area contributed by atoms with E-state index in [1.807, 2.05) is 118 Å². The number of hydrogen-bond acceptors (Lipinski definition) is 15. The molecule has 65 heavy (non-hydrogen) atoms. The van der Waals surface area contributed by atoms with Gasteiger partial charge in [-0.3, -0.25) is 27.6 Å². The Morgan fingerprint density at radius 3 is 1.45 bits per heavy atom. The molecular weight excluding hydrogens is 919 g/mol. The molecule has 4 N–H and O–H groups in total. The lowest BCUT2D eigenvalue weighted by Gasteiger charge is -2.17. The number of anilines is 5. The Labute approximate surface area is 392 Å². The quantitative estimate of drug-likeness (QED) is 0.0986. The molecule has 358 valence electrons. The van der Waals surface area contributed by atoms with E-state index in [4.69, 9.17) is 9.92 Å². The van der Waals surface area contributed by atoms with E-state index in [9.17, 15) is 18.6 Å². The van der Waals surface area contributed by atoms with Crippen LogP contribution in [0.1, 0.15) is 6.92 Å². The van der Waals surface area contributed by atoms with E-state index >= 15 is 0 Å². The van der Waals surface area contributed by atoms with Crippen LogP contribution < -0.4 is 25.3 Å². The third-order valence-corrected chi connectivity index (χ3v) is 10.6. The lowest BCUT2D eigenvalue weighted by Crippen LogP contribution is -2.25. The molecule has 5 aromatic heterocycles. The number of aliphatic hydroxyl groups is 2. The van der Waals surface area contributed by atoms with E-state index in [1.54, 1.807) is 37.1 Å². The van der Waals surface area contributed by atoms with Gasteiger partial charge >= 0.3 is 0 Å². The molecule has 8 rings (SSSR count). The van der Waals surface area contributed by atoms with E-state index in [-0.39, 0.29) is 12.0 Å². The van der Waals surface area contributed by atoms with Gasteiger partial charge in [0.25, 0.3) is 10.1 Å². The number of hydrogen-bond donors (Lipinski definition) is 3. The van der Waals surface area contributed by atoms with Crippen LogP contribution in [0.3, 0.4) is 0 Å². The fourth-order valence-electron chi connectivity index (χ4n) is 6.39. The Balaban J connectivity index is 0.000000215. The van der Waals surface area contributed by atoms with Crippen molar-refractivity contribution in [1.82, 2.24) is 48.9 Å². The van der Waals surface area contributed by atoms with Gasteiger partial charge in [0.05, 0.1) is 24.6 Å². The van der Waals surface area contributed by atoms with Crippen LogP contribution in [0.15, 0.2) is 111 Å². The number of nitrogens with zero attached hydrogens (tertiary/aromatic N) is 14. The normalized spacial score (nSPS) is 18.4. The fraction of sp³-hybridized carbons (Fsp3) is 0.465. The molecule has 4 atom stereocenters. The summed E-state index contributed by atoms with van der Waals surface area (Å²) in [6, 6.07) is 9.54. The molecule has 3 aliphatic rings. The van der Waals surface area contributed by atoms with E-state index in [1.165, 1.54) is 0 Å². The van der Waals surface area contributed by atoms with Crippen molar-refractivity contribution in [3.63, 3.8) is 0 Å². The first-order valence-corrected chi connectivity index (χ1v) is 23.8. The number of nitrogens with two attached hydrogens (primary N) is 1. The molecule has 5 aromatic rings. The maximum atomic E-state index is 11.1. The van der Waals surface area contributed by atoms with Gasteiger partial charge < -0.3 is 35.5 Å². The van der Waals surface area contributed by atoms with E-state index in [0.717, 1.165) is 67.6 Å². The molecule has 0 radical (unpaired) electrons. The predicted octanol–water partition coefficient (Wildman–Crippen LogP) is 3.15. The van der Waals surface area contributed by atoms with Crippen molar-refractivity contribution in [1.29, 1.82) is 0 Å². The van der Waals surface area contributed by atoms with Crippen molar-refractivity contribution in [2.24, 2.45) is 41.2 Å². The first kappa shape index (κ1) is 53.7. The molecule has 8 heterocycles. The second kappa shape index (κ2) is 27.0. The number of alkyl halides is 1. The molecule has 2 saturated heterocycles. The third-order valence-electron chi connectivity index (χ3n) is 9.56. The largest absolute Gasteiger partial charge is 0.389 e. The predicted molar refractivity (Wildman–Crippen MR) is 264 cm³/mol. The van der Waals surface area contributed by atoms with Gasteiger partial charge in [0, 0.05) is 154 Å². The Morgan fingerprint density at radius 1 is 0.692 bits per heavy atom. The zero-order valence-electron chi connectivity index (χ0n) is 38.7. The highest BCUT2D eigenvalue weighted by Crippen LogP contribution is 2.25. The Morgan fingerprint density at radius 2 is 1.11 bits per heavy atom. The number of β-amino-alcohol motifs (C(OH)–C–C–N with tert-alkyl or cyclic N) is 2. The molecule has 0 amide bonds. The smallest absolute Gasteiger partial charge is 0.264 e. The average Bonchev–Trinajstić information content (AvgIpc) is 4.11. The maximum absolute atomic E-state index is 11.1. The monoisotopic (exact) mass is 985 g/mol. The highest BCUT2D eigenvalue weighted by molar-refractivity contribution is 9.09. The van der Waals surface area contributed by atoms with Gasteiger partial charge in [-0.2, -0.15) is 33.9 Å². The molecule has 2 fully saturated rings. The SMILES string of the molecule is C=CCBr.C=CCN(CC=C)c1ccn(C)n1.CC1CN(c2ccn(C)n2)CC1OS(C)(=O)=O.Cn1ccc(N)n1.Cn1ccc(N2CC(O)C(O)C2)n1.Cn1ccc(N2CC=CC2)n1. The maximum Gasteiger partial charge on any atom is 0.264 e. The van der Waals surface area contributed by atoms with Gasteiger partial charge in [0.15, 0.2) is 23.3 Å². The second-order valence-corrected chi connectivity index (χ2v) is 17.6. The number of aliphatic hydroxyl groups excluding tert-OH is 2. The summed E-state index contributed by atoms with van der Waals surface area (Å²) in [5, 5.41) is 40.4. The number of aryl methyl sites for hydroxylation is 5. The highest BCUT2D eigenvalue weighted by Gasteiger charge is 2.34. The van der Waals surface area contributed by atoms with E-state index in [0.29, 0.717) is 25.5 Å². The molecule has 3 aliphatic heterocycles. The van der Waals surface area contributed by atoms with Crippen LogP contribution in [0.5, 0.6) is 0 Å². The number of rotatable bonds is 11. The minimum atomic E-state index is -3.39. The zero-order valence-corrected chi connectivity index (χ0v) is 41.1. The number of allylic oxidation sites excluding steroid dienone is 1. The number of aromatic nitrogens is 10. The molecule has 0 aromatic carbocycles. The molecule has 4 unspecified atom stereocenters. The molecule has 0 bridgehead atoms. The van der Waals surface area contributed by atoms with Gasteiger partial charge in [-0.1, -0.05) is 53.2 Å². The Hall–Kier alpha value is -5.68. The van der Waals surface area contributed by atoms with Crippen molar-refractivity contribution < 1.29 is 22.8 Å². The second-order valence-electron chi connectivity index (χ2n) is 15.4. The summed E-state index contributed by atoms with van der Waals surface area (Å²) >= 11 is 3.13. The molecule has 22 heteroatoms. The van der Waals surface area contributed by atoms with Crippen molar-refractivity contribution in [2.45, 2.75) is 25.2 Å². The lowest BCUT2D eigenvalue weighted by atomic mass is 10.1. The standard InChI is InChI=1S/C10H17N3O3S.C10H15N3.C8H13N3O2.C8H11N3.C4H7N3.C3H5Br/c1-8-6-13(10-4-5-12(2)11-10)7-9(8)16-17(3,14)15;1-4-7-13(8-5-2)10-6-9-12(3)11-10;1-10-3-2-8(9-10)11-4-6(12)7(13)5-11;1-10-7-4-8(9-10)11-5-2-3-6-11;1-7-3-2-4(5)6-7;1-2-3-4/h4-5,8-9H,6-7H2,1-3H3;4-6,9H,1-2,7-8H2,3H3;2-3,6-7,12-13H,4-5H2,1H3;2-4,7H,5-6H2,1H3;2-3H,1H3,(H2,5,6);2H,1,3H2. The summed E-state index contributed by atoms with van der Waals surface area (Å²) in [7, 11) is 5.97. The van der Waals surface area contributed by atoms with Gasteiger partial charge in [0.1, 0.15) is 5.82 Å². The minimum Gasteiger partial charge on any atom is -0.389 e. The molecule has 0 aliphatic carbocycles. The van der Waals surface area contributed by atoms with Crippen LogP contribution in [0, 0.1) is 5.92 Å². The van der Waals surface area contributed by atoms with Crippen LogP contribution >= 0.6 is 15.9 Å². The van der Waals surface area contributed by atoms with Crippen LogP contribution in [0.4, 0.5) is 29.1 Å². The summed E-state index contributed by atoms with van der Waals surface area (Å²) in [6.07, 6.45) is 18.7.